The summed E-state index contributed by atoms with van der Waals surface area (Å²) in [5.74, 6) is 0.730. The molecule has 0 saturated carbocycles. The Hall–Kier alpha value is -0.720. The predicted molar refractivity (Wildman–Crippen MR) is 101 cm³/mol. The first-order valence-corrected chi connectivity index (χ1v) is 10.7. The number of aryl methyl sites for hydroxylation is 2. The highest BCUT2D eigenvalue weighted by Crippen LogP contribution is 2.44. The first-order valence-electron chi connectivity index (χ1n) is 7.46. The fraction of sp³-hybridized carbons (Fsp3) is 0.294. The summed E-state index contributed by atoms with van der Waals surface area (Å²) in [6.07, 6.45) is 0. The summed E-state index contributed by atoms with van der Waals surface area (Å²) in [6.45, 7) is 4.35. The molecule has 1 aliphatic heterocycles. The maximum atomic E-state index is 13.1. The number of hydrogen-bond donors (Lipinski definition) is 0. The number of benzene rings is 2. The number of rotatable bonds is 3. The van der Waals surface area contributed by atoms with Gasteiger partial charge in [0.1, 0.15) is 0 Å². The van der Waals surface area contributed by atoms with E-state index in [4.69, 9.17) is 23.2 Å². The SMILES string of the molecule is Cc1ccc(S(=O)(=O)N2CCSC2c2ccc(Cl)cc2Cl)cc1C. The quantitative estimate of drug-likeness (QED) is 0.721. The largest absolute Gasteiger partial charge is 0.244 e. The molecule has 2 aromatic rings. The number of nitrogens with zero attached hydrogens (tertiary/aromatic N) is 1. The van der Waals surface area contributed by atoms with Crippen molar-refractivity contribution in [2.45, 2.75) is 24.1 Å². The number of hydrogen-bond acceptors (Lipinski definition) is 3. The topological polar surface area (TPSA) is 37.4 Å². The molecule has 0 radical (unpaired) electrons. The minimum Gasteiger partial charge on any atom is -0.207 e. The van der Waals surface area contributed by atoms with Crippen molar-refractivity contribution in [3.63, 3.8) is 0 Å². The van der Waals surface area contributed by atoms with E-state index >= 15 is 0 Å². The zero-order valence-corrected chi connectivity index (χ0v) is 16.4. The molecule has 0 aromatic heterocycles. The lowest BCUT2D eigenvalue weighted by Gasteiger charge is -2.24. The Morgan fingerprint density at radius 3 is 2.50 bits per heavy atom. The maximum Gasteiger partial charge on any atom is 0.244 e. The molecular formula is C17H17Cl2NO2S2. The summed E-state index contributed by atoms with van der Waals surface area (Å²) in [6, 6.07) is 10.4. The first kappa shape index (κ1) is 18.1. The van der Waals surface area contributed by atoms with Crippen LogP contribution in [0.1, 0.15) is 22.1 Å². The van der Waals surface area contributed by atoms with E-state index in [9.17, 15) is 8.42 Å². The Bertz CT molecular complexity index is 884. The Morgan fingerprint density at radius 2 is 1.83 bits per heavy atom. The normalized spacial score (nSPS) is 18.9. The Balaban J connectivity index is 2.01. The maximum absolute atomic E-state index is 13.1. The Morgan fingerprint density at radius 1 is 1.08 bits per heavy atom. The van der Waals surface area contributed by atoms with E-state index in [1.54, 1.807) is 42.1 Å². The smallest absolute Gasteiger partial charge is 0.207 e. The summed E-state index contributed by atoms with van der Waals surface area (Å²) in [4.78, 5) is 0.322. The molecule has 0 bridgehead atoms. The second-order valence-corrected chi connectivity index (χ2v) is 9.67. The molecule has 1 fully saturated rings. The van der Waals surface area contributed by atoms with Crippen LogP contribution in [-0.4, -0.2) is 25.0 Å². The van der Waals surface area contributed by atoms with Crippen molar-refractivity contribution >= 4 is 45.0 Å². The molecule has 7 heteroatoms. The van der Waals surface area contributed by atoms with E-state index < -0.39 is 10.0 Å². The summed E-state index contributed by atoms with van der Waals surface area (Å²) in [5.41, 5.74) is 2.81. The lowest BCUT2D eigenvalue weighted by molar-refractivity contribution is 0.434. The number of thioether (sulfide) groups is 1. The van der Waals surface area contributed by atoms with Gasteiger partial charge in [0.2, 0.25) is 10.0 Å². The van der Waals surface area contributed by atoms with Gasteiger partial charge in [-0.15, -0.1) is 11.8 Å². The average Bonchev–Trinajstić information content (AvgIpc) is 3.00. The monoisotopic (exact) mass is 401 g/mol. The summed E-state index contributed by atoms with van der Waals surface area (Å²) in [7, 11) is -3.58. The van der Waals surface area contributed by atoms with E-state index in [0.717, 1.165) is 22.4 Å². The molecule has 1 saturated heterocycles. The van der Waals surface area contributed by atoms with Crippen LogP contribution < -0.4 is 0 Å². The van der Waals surface area contributed by atoms with E-state index in [1.165, 1.54) is 4.31 Å². The van der Waals surface area contributed by atoms with Gasteiger partial charge in [-0.25, -0.2) is 8.42 Å². The molecule has 24 heavy (non-hydrogen) atoms. The predicted octanol–water partition coefficient (Wildman–Crippen LogP) is 5.05. The molecule has 1 aliphatic rings. The van der Waals surface area contributed by atoms with Gasteiger partial charge >= 0.3 is 0 Å². The third-order valence-electron chi connectivity index (χ3n) is 4.16. The van der Waals surface area contributed by atoms with Gasteiger partial charge in [-0.2, -0.15) is 4.31 Å². The molecule has 3 nitrogen and oxygen atoms in total. The zero-order valence-electron chi connectivity index (χ0n) is 13.3. The van der Waals surface area contributed by atoms with Crippen LogP contribution in [-0.2, 0) is 10.0 Å². The third-order valence-corrected chi connectivity index (χ3v) is 7.96. The van der Waals surface area contributed by atoms with Crippen molar-refractivity contribution in [3.8, 4) is 0 Å². The molecule has 128 valence electrons. The van der Waals surface area contributed by atoms with Gasteiger partial charge < -0.3 is 0 Å². The van der Waals surface area contributed by atoms with Crippen LogP contribution in [0.5, 0.6) is 0 Å². The highest BCUT2D eigenvalue weighted by Gasteiger charge is 2.37. The molecule has 1 unspecified atom stereocenters. The summed E-state index contributed by atoms with van der Waals surface area (Å²) >= 11 is 13.8. The van der Waals surface area contributed by atoms with Gasteiger partial charge in [-0.3, -0.25) is 0 Å². The first-order chi connectivity index (χ1) is 11.3. The second kappa shape index (κ2) is 6.89. The van der Waals surface area contributed by atoms with Gasteiger partial charge in [0.25, 0.3) is 0 Å². The molecule has 0 N–H and O–H groups in total. The molecule has 0 amide bonds. The van der Waals surface area contributed by atoms with Crippen LogP contribution >= 0.6 is 35.0 Å². The van der Waals surface area contributed by atoms with Gasteiger partial charge in [0, 0.05) is 22.3 Å². The fourth-order valence-corrected chi connectivity index (χ4v) is 6.59. The third kappa shape index (κ3) is 3.33. The molecule has 1 heterocycles. The highest BCUT2D eigenvalue weighted by atomic mass is 35.5. The lowest BCUT2D eigenvalue weighted by atomic mass is 10.1. The van der Waals surface area contributed by atoms with Crippen molar-refractivity contribution in [3.05, 3.63) is 63.1 Å². The van der Waals surface area contributed by atoms with E-state index in [2.05, 4.69) is 0 Å². The van der Waals surface area contributed by atoms with Crippen LogP contribution in [0.15, 0.2) is 41.3 Å². The van der Waals surface area contributed by atoms with Crippen LogP contribution in [0.3, 0.4) is 0 Å². The zero-order chi connectivity index (χ0) is 17.5. The fourth-order valence-electron chi connectivity index (χ4n) is 2.66. The number of sulfonamides is 1. The Kier molecular flexibility index (Phi) is 5.19. The minimum atomic E-state index is -3.58. The standard InChI is InChI=1S/C17H17Cl2NO2S2/c1-11-3-5-14(9-12(11)2)24(21,22)20-7-8-23-17(20)15-6-4-13(18)10-16(15)19/h3-6,9-10,17H,7-8H2,1-2H3. The van der Waals surface area contributed by atoms with Gasteiger partial charge in [0.15, 0.2) is 0 Å². The second-order valence-electron chi connectivity index (χ2n) is 5.75. The molecular weight excluding hydrogens is 385 g/mol. The number of halogens is 2. The van der Waals surface area contributed by atoms with Crippen LogP contribution in [0.25, 0.3) is 0 Å². The van der Waals surface area contributed by atoms with E-state index in [-0.39, 0.29) is 5.37 Å². The van der Waals surface area contributed by atoms with Crippen LogP contribution in [0, 0.1) is 13.8 Å². The van der Waals surface area contributed by atoms with Gasteiger partial charge in [0.05, 0.1) is 10.3 Å². The van der Waals surface area contributed by atoms with Crippen LogP contribution in [0.4, 0.5) is 0 Å². The lowest BCUT2D eigenvalue weighted by Crippen LogP contribution is -2.30. The van der Waals surface area contributed by atoms with Crippen molar-refractivity contribution in [2.24, 2.45) is 0 Å². The van der Waals surface area contributed by atoms with Crippen LogP contribution in [0.2, 0.25) is 10.0 Å². The van der Waals surface area contributed by atoms with Gasteiger partial charge in [-0.05, 0) is 54.8 Å². The van der Waals surface area contributed by atoms with E-state index in [0.29, 0.717) is 21.5 Å². The summed E-state index contributed by atoms with van der Waals surface area (Å²) < 4.78 is 27.7. The molecule has 3 rings (SSSR count). The minimum absolute atomic E-state index is 0.322. The van der Waals surface area contributed by atoms with E-state index in [1.807, 2.05) is 19.9 Å². The average molecular weight is 402 g/mol. The van der Waals surface area contributed by atoms with Crippen molar-refractivity contribution in [1.82, 2.24) is 4.31 Å². The van der Waals surface area contributed by atoms with Crippen molar-refractivity contribution < 1.29 is 8.42 Å². The molecule has 1 atom stereocenters. The van der Waals surface area contributed by atoms with Crippen molar-refractivity contribution in [1.29, 1.82) is 0 Å². The van der Waals surface area contributed by atoms with Crippen molar-refractivity contribution in [2.75, 3.05) is 12.3 Å². The Labute approximate surface area is 157 Å². The molecule has 0 spiro atoms. The molecule has 0 aliphatic carbocycles. The summed E-state index contributed by atoms with van der Waals surface area (Å²) in [5, 5.41) is 0.693. The molecule has 2 aromatic carbocycles. The van der Waals surface area contributed by atoms with Gasteiger partial charge in [-0.1, -0.05) is 35.3 Å². The highest BCUT2D eigenvalue weighted by molar-refractivity contribution is 8.01.